The van der Waals surface area contributed by atoms with Crippen LogP contribution in [0.3, 0.4) is 0 Å². The van der Waals surface area contributed by atoms with E-state index in [0.29, 0.717) is 5.69 Å². The van der Waals surface area contributed by atoms with E-state index < -0.39 is 6.36 Å². The molecule has 150 valence electrons. The minimum absolute atomic E-state index is 0.0150. The molecular weight excluding hydrogens is 363 g/mol. The number of amides is 2. The Bertz CT molecular complexity index is 629. The van der Waals surface area contributed by atoms with Gasteiger partial charge in [0.05, 0.1) is 13.1 Å². The number of hydrogen-bond donors (Lipinski definition) is 2. The summed E-state index contributed by atoms with van der Waals surface area (Å²) in [6.45, 7) is 0.0845. The second-order valence-electron chi connectivity index (χ2n) is 6.70. The van der Waals surface area contributed by atoms with Crippen molar-refractivity contribution in [2.24, 2.45) is 0 Å². The number of alkyl halides is 3. The van der Waals surface area contributed by atoms with Crippen LogP contribution in [0.5, 0.6) is 5.75 Å². The van der Waals surface area contributed by atoms with E-state index in [9.17, 15) is 22.8 Å². The predicted molar refractivity (Wildman–Crippen MR) is 94.3 cm³/mol. The summed E-state index contributed by atoms with van der Waals surface area (Å²) in [6.07, 6.45) is 0.668. The molecule has 0 spiro atoms. The largest absolute Gasteiger partial charge is 0.573 e. The van der Waals surface area contributed by atoms with Crippen molar-refractivity contribution in [1.82, 2.24) is 10.2 Å². The number of nitrogens with one attached hydrogen (secondary N) is 2. The number of rotatable bonds is 7. The molecule has 1 aliphatic rings. The molecule has 0 heterocycles. The van der Waals surface area contributed by atoms with Crippen LogP contribution in [0.2, 0.25) is 0 Å². The smallest absolute Gasteiger partial charge is 0.406 e. The molecule has 0 unspecified atom stereocenters. The summed E-state index contributed by atoms with van der Waals surface area (Å²) in [6, 6.07) is 5.07. The van der Waals surface area contributed by atoms with Gasteiger partial charge in [-0.3, -0.25) is 14.5 Å². The maximum absolute atomic E-state index is 12.1. The van der Waals surface area contributed by atoms with Gasteiger partial charge in [0.15, 0.2) is 0 Å². The van der Waals surface area contributed by atoms with Gasteiger partial charge in [-0.15, -0.1) is 13.2 Å². The first-order chi connectivity index (χ1) is 12.7. The number of hydrogen-bond acceptors (Lipinski definition) is 4. The molecular formula is C18H24F3N3O3. The van der Waals surface area contributed by atoms with Crippen LogP contribution in [0.1, 0.15) is 32.1 Å². The monoisotopic (exact) mass is 387 g/mol. The Morgan fingerprint density at radius 2 is 1.67 bits per heavy atom. The van der Waals surface area contributed by atoms with E-state index in [-0.39, 0.29) is 36.7 Å². The Morgan fingerprint density at radius 1 is 1.07 bits per heavy atom. The van der Waals surface area contributed by atoms with E-state index in [4.69, 9.17) is 0 Å². The van der Waals surface area contributed by atoms with Crippen LogP contribution < -0.4 is 15.4 Å². The molecule has 1 fully saturated rings. The van der Waals surface area contributed by atoms with Crippen LogP contribution in [0, 0.1) is 0 Å². The van der Waals surface area contributed by atoms with Crippen molar-refractivity contribution < 1.29 is 27.5 Å². The molecule has 0 aliphatic heterocycles. The summed E-state index contributed by atoms with van der Waals surface area (Å²) in [5.74, 6) is -0.852. The lowest BCUT2D eigenvalue weighted by molar-refractivity contribution is -0.274. The summed E-state index contributed by atoms with van der Waals surface area (Å²) in [4.78, 5) is 25.6. The van der Waals surface area contributed by atoms with E-state index in [1.807, 2.05) is 0 Å². The summed E-state index contributed by atoms with van der Waals surface area (Å²) in [7, 11) is 1.65. The van der Waals surface area contributed by atoms with Crippen molar-refractivity contribution in [2.75, 3.05) is 25.5 Å². The van der Waals surface area contributed by atoms with Gasteiger partial charge in [0, 0.05) is 11.7 Å². The van der Waals surface area contributed by atoms with Gasteiger partial charge >= 0.3 is 6.36 Å². The third-order valence-corrected chi connectivity index (χ3v) is 4.17. The fraction of sp³-hybridized carbons (Fsp3) is 0.556. The number of halogens is 3. The van der Waals surface area contributed by atoms with E-state index in [1.165, 1.54) is 18.6 Å². The van der Waals surface area contributed by atoms with Crippen LogP contribution >= 0.6 is 0 Å². The standard InChI is InChI=1S/C18H24F3N3O3/c1-24(11-16(25)22-13-5-3-2-4-6-13)12-17(26)23-14-7-9-15(10-8-14)27-18(19,20)21/h7-10,13H,2-6,11-12H2,1H3,(H,22,25)(H,23,26). The van der Waals surface area contributed by atoms with Crippen LogP contribution in [0.15, 0.2) is 24.3 Å². The highest BCUT2D eigenvalue weighted by Gasteiger charge is 2.31. The number of ether oxygens (including phenoxy) is 1. The Kier molecular flexibility index (Phi) is 7.46. The minimum Gasteiger partial charge on any atom is -0.406 e. The van der Waals surface area contributed by atoms with E-state index in [0.717, 1.165) is 37.8 Å². The lowest BCUT2D eigenvalue weighted by Crippen LogP contribution is -2.43. The molecule has 9 heteroatoms. The number of carbonyl (C=O) groups is 2. The third kappa shape index (κ3) is 8.29. The maximum atomic E-state index is 12.1. The highest BCUT2D eigenvalue weighted by molar-refractivity contribution is 5.92. The summed E-state index contributed by atoms with van der Waals surface area (Å²) < 4.78 is 40.1. The molecule has 2 rings (SSSR count). The average molecular weight is 387 g/mol. The van der Waals surface area contributed by atoms with Crippen LogP contribution in [0.4, 0.5) is 18.9 Å². The van der Waals surface area contributed by atoms with Gasteiger partial charge in [0.25, 0.3) is 0 Å². The fourth-order valence-electron chi connectivity index (χ4n) is 3.01. The topological polar surface area (TPSA) is 70.7 Å². The van der Waals surface area contributed by atoms with Crippen molar-refractivity contribution in [3.63, 3.8) is 0 Å². The third-order valence-electron chi connectivity index (χ3n) is 4.17. The zero-order chi connectivity index (χ0) is 19.9. The van der Waals surface area contributed by atoms with Gasteiger partial charge in [-0.25, -0.2) is 0 Å². The molecule has 0 atom stereocenters. The molecule has 2 amide bonds. The summed E-state index contributed by atoms with van der Waals surface area (Å²) in [5, 5.41) is 5.55. The Morgan fingerprint density at radius 3 is 2.26 bits per heavy atom. The zero-order valence-corrected chi connectivity index (χ0v) is 15.1. The molecule has 27 heavy (non-hydrogen) atoms. The minimum atomic E-state index is -4.76. The molecule has 0 aromatic heterocycles. The average Bonchev–Trinajstić information content (AvgIpc) is 2.55. The first kappa shape index (κ1) is 21.0. The molecule has 1 aromatic rings. The summed E-state index contributed by atoms with van der Waals surface area (Å²) in [5.41, 5.74) is 0.342. The highest BCUT2D eigenvalue weighted by atomic mass is 19.4. The van der Waals surface area contributed by atoms with Gasteiger partial charge in [-0.05, 0) is 44.2 Å². The van der Waals surface area contributed by atoms with E-state index in [1.54, 1.807) is 11.9 Å². The van der Waals surface area contributed by atoms with E-state index in [2.05, 4.69) is 15.4 Å². The van der Waals surface area contributed by atoms with E-state index >= 15 is 0 Å². The number of anilines is 1. The summed E-state index contributed by atoms with van der Waals surface area (Å²) >= 11 is 0. The normalized spacial score (nSPS) is 15.4. The van der Waals surface area contributed by atoms with Crippen LogP contribution in [-0.2, 0) is 9.59 Å². The number of nitrogens with zero attached hydrogens (tertiary/aromatic N) is 1. The molecule has 0 bridgehead atoms. The fourth-order valence-corrected chi connectivity index (χ4v) is 3.01. The SMILES string of the molecule is CN(CC(=O)Nc1ccc(OC(F)(F)F)cc1)CC(=O)NC1CCCCC1. The molecule has 0 radical (unpaired) electrons. The number of benzene rings is 1. The Hall–Kier alpha value is -2.29. The number of likely N-dealkylation sites (N-methyl/N-ethyl adjacent to an activating group) is 1. The van der Waals surface area contributed by atoms with Gasteiger partial charge in [0.1, 0.15) is 5.75 Å². The first-order valence-electron chi connectivity index (χ1n) is 8.85. The van der Waals surface area contributed by atoms with Crippen molar-refractivity contribution in [1.29, 1.82) is 0 Å². The van der Waals surface area contributed by atoms with Gasteiger partial charge in [-0.2, -0.15) is 0 Å². The lowest BCUT2D eigenvalue weighted by atomic mass is 9.95. The molecule has 1 aliphatic carbocycles. The molecule has 1 aromatic carbocycles. The lowest BCUT2D eigenvalue weighted by Gasteiger charge is -2.24. The second kappa shape index (κ2) is 9.59. The second-order valence-corrected chi connectivity index (χ2v) is 6.70. The highest BCUT2D eigenvalue weighted by Crippen LogP contribution is 2.24. The Balaban J connectivity index is 1.73. The van der Waals surface area contributed by atoms with Crippen molar-refractivity contribution in [3.05, 3.63) is 24.3 Å². The maximum Gasteiger partial charge on any atom is 0.573 e. The molecule has 1 saturated carbocycles. The Labute approximate surface area is 156 Å². The van der Waals surface area contributed by atoms with Crippen molar-refractivity contribution in [3.8, 4) is 5.75 Å². The van der Waals surface area contributed by atoms with Crippen molar-refractivity contribution >= 4 is 17.5 Å². The quantitative estimate of drug-likeness (QED) is 0.755. The number of carbonyl (C=O) groups excluding carboxylic acids is 2. The zero-order valence-electron chi connectivity index (χ0n) is 15.1. The van der Waals surface area contributed by atoms with Crippen molar-refractivity contribution in [2.45, 2.75) is 44.5 Å². The molecule has 2 N–H and O–H groups in total. The van der Waals surface area contributed by atoms with Gasteiger partial charge in [0.2, 0.25) is 11.8 Å². The molecule has 6 nitrogen and oxygen atoms in total. The van der Waals surface area contributed by atoms with Gasteiger partial charge < -0.3 is 15.4 Å². The van der Waals surface area contributed by atoms with Crippen LogP contribution in [0.25, 0.3) is 0 Å². The molecule has 0 saturated heterocycles. The van der Waals surface area contributed by atoms with Gasteiger partial charge in [-0.1, -0.05) is 19.3 Å². The predicted octanol–water partition coefficient (Wildman–Crippen LogP) is 2.90. The first-order valence-corrected chi connectivity index (χ1v) is 8.85. The van der Waals surface area contributed by atoms with Crippen LogP contribution in [-0.4, -0.2) is 49.3 Å².